The number of primary amides is 1. The standard InChI is InChI=1S/C19H21F6N5O.C4H7NO/c20-17(21)3-1-12(2-4-17)5-14-9-30-15(28-14)6-13(7-27-30)8-29-11-19(24,25)18(22,23)10-26-16(29)31;1-3(2)4(5)6/h6-7,9,12H,1-5,8,10-11H2,(H,26,31);1H2,2H3,(H2,5,6). The number of nitrogens with two attached hydrogens (primary N) is 1. The first-order valence-electron chi connectivity index (χ1n) is 11.5. The molecule has 0 unspecified atom stereocenters. The van der Waals surface area contributed by atoms with Gasteiger partial charge in [0.25, 0.3) is 0 Å². The Kier molecular flexibility index (Phi) is 8.08. The predicted molar refractivity (Wildman–Crippen MR) is 121 cm³/mol. The smallest absolute Gasteiger partial charge is 0.329 e. The van der Waals surface area contributed by atoms with E-state index in [2.05, 4.69) is 16.7 Å². The molecule has 0 bridgehead atoms. The van der Waals surface area contributed by atoms with Gasteiger partial charge in [0.15, 0.2) is 5.65 Å². The minimum atomic E-state index is -4.37. The van der Waals surface area contributed by atoms with E-state index < -0.39 is 42.8 Å². The molecule has 2 aromatic rings. The summed E-state index contributed by atoms with van der Waals surface area (Å²) in [5, 5.41) is 5.95. The van der Waals surface area contributed by atoms with Crippen molar-refractivity contribution in [2.24, 2.45) is 11.7 Å². The molecule has 0 radical (unpaired) electrons. The number of nitrogens with one attached hydrogen (secondary N) is 1. The van der Waals surface area contributed by atoms with Crippen LogP contribution in [0, 0.1) is 5.92 Å². The molecule has 8 nitrogen and oxygen atoms in total. The highest BCUT2D eigenvalue weighted by Crippen LogP contribution is 2.38. The fraction of sp³-hybridized carbons (Fsp3) is 0.565. The summed E-state index contributed by atoms with van der Waals surface area (Å²) in [7, 11) is 0. The number of alkyl halides is 6. The molecular formula is C23H28F6N6O2. The summed E-state index contributed by atoms with van der Waals surface area (Å²) in [4.78, 5) is 26.8. The molecule has 204 valence electrons. The highest BCUT2D eigenvalue weighted by atomic mass is 19.3. The van der Waals surface area contributed by atoms with Gasteiger partial charge in [-0.1, -0.05) is 6.58 Å². The van der Waals surface area contributed by atoms with Gasteiger partial charge in [0, 0.05) is 25.0 Å². The Hall–Kier alpha value is -3.32. The highest BCUT2D eigenvalue weighted by Gasteiger charge is 2.59. The number of carbonyl (C=O) groups excluding carboxylic acids is 2. The lowest BCUT2D eigenvalue weighted by atomic mass is 9.84. The van der Waals surface area contributed by atoms with Crippen LogP contribution in [0.1, 0.15) is 43.9 Å². The van der Waals surface area contributed by atoms with Crippen molar-refractivity contribution in [2.75, 3.05) is 13.1 Å². The second-order valence-electron chi connectivity index (χ2n) is 9.47. The zero-order valence-electron chi connectivity index (χ0n) is 20.1. The largest absolute Gasteiger partial charge is 0.366 e. The van der Waals surface area contributed by atoms with Crippen LogP contribution in [0.4, 0.5) is 31.1 Å². The summed E-state index contributed by atoms with van der Waals surface area (Å²) in [6, 6.07) is 0.509. The van der Waals surface area contributed by atoms with Crippen LogP contribution in [-0.2, 0) is 17.8 Å². The number of hydrogen-bond donors (Lipinski definition) is 2. The lowest BCUT2D eigenvalue weighted by molar-refractivity contribution is -0.204. The molecule has 0 aromatic carbocycles. The maximum absolute atomic E-state index is 13.8. The zero-order chi connectivity index (χ0) is 27.6. The normalized spacial score (nSPS) is 20.9. The van der Waals surface area contributed by atoms with E-state index in [1.54, 1.807) is 13.1 Å². The van der Waals surface area contributed by atoms with Gasteiger partial charge in [0.1, 0.15) is 0 Å². The molecule has 2 fully saturated rings. The summed E-state index contributed by atoms with van der Waals surface area (Å²) >= 11 is 0. The summed E-state index contributed by atoms with van der Waals surface area (Å²) in [6.45, 7) is 1.64. The number of nitrogens with zero attached hydrogens (tertiary/aromatic N) is 4. The van der Waals surface area contributed by atoms with Gasteiger partial charge in [-0.15, -0.1) is 0 Å². The fourth-order valence-corrected chi connectivity index (χ4v) is 3.95. The average Bonchev–Trinajstić information content (AvgIpc) is 3.17. The van der Waals surface area contributed by atoms with Crippen LogP contribution in [-0.4, -0.2) is 62.3 Å². The van der Waals surface area contributed by atoms with Crippen LogP contribution in [0.15, 0.2) is 30.6 Å². The monoisotopic (exact) mass is 534 g/mol. The molecule has 37 heavy (non-hydrogen) atoms. The molecule has 1 saturated heterocycles. The Morgan fingerprint density at radius 2 is 1.81 bits per heavy atom. The molecule has 4 rings (SSSR count). The van der Waals surface area contributed by atoms with Crippen LogP contribution < -0.4 is 11.1 Å². The van der Waals surface area contributed by atoms with Crippen molar-refractivity contribution < 1.29 is 35.9 Å². The topological polar surface area (TPSA) is 106 Å². The fourth-order valence-electron chi connectivity index (χ4n) is 3.95. The minimum absolute atomic E-state index is 0.0914. The molecular weight excluding hydrogens is 506 g/mol. The molecule has 3 N–H and O–H groups in total. The van der Waals surface area contributed by atoms with Crippen LogP contribution in [0.2, 0.25) is 0 Å². The third-order valence-corrected chi connectivity index (χ3v) is 6.23. The molecule has 0 spiro atoms. The lowest BCUT2D eigenvalue weighted by Crippen LogP contribution is -2.48. The quantitative estimate of drug-likeness (QED) is 0.448. The Bertz CT molecular complexity index is 1150. The number of amides is 3. The van der Waals surface area contributed by atoms with Crippen molar-refractivity contribution in [1.29, 1.82) is 0 Å². The Morgan fingerprint density at radius 3 is 2.41 bits per heavy atom. The molecule has 0 atom stereocenters. The number of urea groups is 1. The van der Waals surface area contributed by atoms with Crippen molar-refractivity contribution in [3.8, 4) is 0 Å². The molecule has 2 aliphatic rings. The number of fused-ring (bicyclic) bond motifs is 1. The number of rotatable bonds is 5. The summed E-state index contributed by atoms with van der Waals surface area (Å²) in [5.74, 6) is -11.7. The number of imidazole rings is 1. The second-order valence-corrected chi connectivity index (χ2v) is 9.47. The predicted octanol–water partition coefficient (Wildman–Crippen LogP) is 3.94. The Morgan fingerprint density at radius 1 is 1.19 bits per heavy atom. The van der Waals surface area contributed by atoms with Crippen molar-refractivity contribution in [3.63, 3.8) is 0 Å². The second kappa shape index (κ2) is 10.6. The van der Waals surface area contributed by atoms with Crippen molar-refractivity contribution in [1.82, 2.24) is 24.8 Å². The number of carbonyl (C=O) groups is 2. The van der Waals surface area contributed by atoms with E-state index in [1.807, 2.05) is 5.32 Å². The summed E-state index contributed by atoms with van der Waals surface area (Å²) in [6.07, 6.45) is 4.05. The van der Waals surface area contributed by atoms with Crippen LogP contribution in [0.3, 0.4) is 0 Å². The van der Waals surface area contributed by atoms with Gasteiger partial charge in [0.2, 0.25) is 11.8 Å². The van der Waals surface area contributed by atoms with Crippen molar-refractivity contribution in [3.05, 3.63) is 41.9 Å². The highest BCUT2D eigenvalue weighted by molar-refractivity contribution is 5.90. The van der Waals surface area contributed by atoms with E-state index in [0.29, 0.717) is 46.6 Å². The van der Waals surface area contributed by atoms with Gasteiger partial charge in [0.05, 0.1) is 31.2 Å². The molecule has 14 heteroatoms. The first-order chi connectivity index (χ1) is 17.1. The van der Waals surface area contributed by atoms with Gasteiger partial charge >= 0.3 is 17.9 Å². The van der Waals surface area contributed by atoms with Gasteiger partial charge in [-0.3, -0.25) is 4.79 Å². The van der Waals surface area contributed by atoms with Crippen LogP contribution in [0.5, 0.6) is 0 Å². The molecule has 2 aromatic heterocycles. The van der Waals surface area contributed by atoms with Crippen LogP contribution in [0.25, 0.3) is 5.65 Å². The minimum Gasteiger partial charge on any atom is -0.366 e. The van der Waals surface area contributed by atoms with Gasteiger partial charge in [-0.2, -0.15) is 22.7 Å². The molecule has 1 aliphatic heterocycles. The maximum Gasteiger partial charge on any atom is 0.329 e. The molecule has 3 amide bonds. The van der Waals surface area contributed by atoms with Gasteiger partial charge < -0.3 is 16.0 Å². The Labute approximate surface area is 208 Å². The van der Waals surface area contributed by atoms with E-state index in [0.717, 1.165) is 0 Å². The summed E-state index contributed by atoms with van der Waals surface area (Å²) < 4.78 is 82.8. The van der Waals surface area contributed by atoms with E-state index in [1.165, 1.54) is 16.8 Å². The first-order valence-corrected chi connectivity index (χ1v) is 11.5. The van der Waals surface area contributed by atoms with E-state index in [4.69, 9.17) is 5.73 Å². The van der Waals surface area contributed by atoms with E-state index in [9.17, 15) is 35.9 Å². The molecule has 1 saturated carbocycles. The van der Waals surface area contributed by atoms with Gasteiger partial charge in [-0.05, 0) is 43.7 Å². The zero-order valence-corrected chi connectivity index (χ0v) is 20.1. The van der Waals surface area contributed by atoms with Crippen LogP contribution >= 0.6 is 0 Å². The van der Waals surface area contributed by atoms with Crippen molar-refractivity contribution >= 4 is 17.6 Å². The maximum atomic E-state index is 13.8. The Balaban J connectivity index is 0.000000568. The number of halogens is 6. The third-order valence-electron chi connectivity index (χ3n) is 6.23. The van der Waals surface area contributed by atoms with E-state index in [-0.39, 0.29) is 25.3 Å². The van der Waals surface area contributed by atoms with Gasteiger partial charge in [-0.25, -0.2) is 23.1 Å². The van der Waals surface area contributed by atoms with E-state index >= 15 is 0 Å². The SMILES string of the molecule is C=C(C)C(N)=O.O=C1NCC(F)(F)C(F)(F)CN1Cc1cnn2cc(CC3CCC(F)(F)CC3)nc2c1. The summed E-state index contributed by atoms with van der Waals surface area (Å²) in [5.41, 5.74) is 6.50. The number of hydrogen-bond acceptors (Lipinski definition) is 4. The molecule has 1 aliphatic carbocycles. The first kappa shape index (κ1) is 28.3. The average molecular weight is 535 g/mol. The lowest BCUT2D eigenvalue weighted by Gasteiger charge is -2.27. The third kappa shape index (κ3) is 7.13. The molecule has 3 heterocycles. The van der Waals surface area contributed by atoms with Crippen molar-refractivity contribution in [2.45, 2.75) is 63.3 Å². The number of aromatic nitrogens is 3.